The van der Waals surface area contributed by atoms with E-state index in [1.54, 1.807) is 29.2 Å². The Morgan fingerprint density at radius 2 is 1.80 bits per heavy atom. The molecule has 2 amide bonds. The van der Waals surface area contributed by atoms with Crippen LogP contribution in [0.4, 0.5) is 4.39 Å². The number of benzene rings is 2. The second kappa shape index (κ2) is 10.3. The average molecular weight is 435 g/mol. The number of hydrogen-bond donors (Lipinski definition) is 1. The van der Waals surface area contributed by atoms with Crippen molar-refractivity contribution in [2.24, 2.45) is 0 Å². The lowest BCUT2D eigenvalue weighted by Crippen LogP contribution is -2.30. The Labute approximate surface area is 177 Å². The number of rotatable bonds is 9. The molecule has 0 spiro atoms. The molecule has 0 saturated carbocycles. The van der Waals surface area contributed by atoms with Gasteiger partial charge in [0.25, 0.3) is 10.0 Å². The Hall–Kier alpha value is -2.74. The Balaban J connectivity index is 2.34. The molecule has 0 fully saturated rings. The van der Waals surface area contributed by atoms with E-state index >= 15 is 0 Å². The molecule has 0 bridgehead atoms. The van der Waals surface area contributed by atoms with E-state index in [1.807, 2.05) is 18.6 Å². The first-order valence-corrected chi connectivity index (χ1v) is 11.4. The van der Waals surface area contributed by atoms with Gasteiger partial charge in [-0.25, -0.2) is 17.5 Å². The van der Waals surface area contributed by atoms with Crippen LogP contribution < -0.4 is 4.72 Å². The van der Waals surface area contributed by atoms with Crippen LogP contribution in [-0.2, 0) is 26.2 Å². The number of hydrogen-bond acceptors (Lipinski definition) is 4. The maximum atomic E-state index is 14.8. The molecule has 2 aromatic rings. The van der Waals surface area contributed by atoms with Crippen molar-refractivity contribution in [1.82, 2.24) is 9.62 Å². The third kappa shape index (κ3) is 5.89. The third-order valence-electron chi connectivity index (χ3n) is 4.66. The van der Waals surface area contributed by atoms with E-state index in [0.29, 0.717) is 24.1 Å². The first-order valence-electron chi connectivity index (χ1n) is 9.88. The summed E-state index contributed by atoms with van der Waals surface area (Å²) in [6.07, 6.45) is 2.13. The molecule has 0 atom stereocenters. The van der Waals surface area contributed by atoms with Gasteiger partial charge in [-0.2, -0.15) is 0 Å². The average Bonchev–Trinajstić information content (AvgIpc) is 2.70. The minimum Gasteiger partial charge on any atom is -0.339 e. The zero-order valence-corrected chi connectivity index (χ0v) is 18.3. The summed E-state index contributed by atoms with van der Waals surface area (Å²) >= 11 is 0. The van der Waals surface area contributed by atoms with Crippen LogP contribution >= 0.6 is 0 Å². The third-order valence-corrected chi connectivity index (χ3v) is 6.15. The summed E-state index contributed by atoms with van der Waals surface area (Å²) in [6.45, 7) is 5.58. The van der Waals surface area contributed by atoms with Crippen LogP contribution in [0, 0.1) is 5.82 Å². The molecule has 2 aromatic carbocycles. The van der Waals surface area contributed by atoms with E-state index in [0.717, 1.165) is 19.8 Å². The van der Waals surface area contributed by atoms with Crippen molar-refractivity contribution in [3.63, 3.8) is 0 Å². The van der Waals surface area contributed by atoms with Crippen molar-refractivity contribution in [1.29, 1.82) is 0 Å². The summed E-state index contributed by atoms with van der Waals surface area (Å²) < 4.78 is 41.7. The quantitative estimate of drug-likeness (QED) is 0.650. The highest BCUT2D eigenvalue weighted by atomic mass is 32.2. The largest absolute Gasteiger partial charge is 0.339 e. The fourth-order valence-electron chi connectivity index (χ4n) is 3.09. The molecule has 162 valence electrons. The summed E-state index contributed by atoms with van der Waals surface area (Å²) in [5, 5.41) is 0. The molecule has 0 saturated heterocycles. The maximum absolute atomic E-state index is 14.8. The molecule has 0 heterocycles. The molecule has 0 aliphatic carbocycles. The first-order chi connectivity index (χ1) is 14.2. The van der Waals surface area contributed by atoms with Crippen LogP contribution in [0.3, 0.4) is 0 Å². The molecule has 0 aliphatic rings. The van der Waals surface area contributed by atoms with E-state index < -0.39 is 21.7 Å². The van der Waals surface area contributed by atoms with Gasteiger partial charge < -0.3 is 4.90 Å². The highest BCUT2D eigenvalue weighted by molar-refractivity contribution is 7.90. The van der Waals surface area contributed by atoms with Crippen molar-refractivity contribution in [2.45, 2.75) is 51.5 Å². The number of unbranched alkanes of at least 4 members (excludes halogenated alkanes) is 1. The Bertz CT molecular complexity index is 1020. The molecule has 0 unspecified atom stereocenters. The minimum atomic E-state index is -4.08. The van der Waals surface area contributed by atoms with Crippen LogP contribution in [0.25, 0.3) is 11.1 Å². The fourth-order valence-corrected chi connectivity index (χ4v) is 4.32. The predicted octanol–water partition coefficient (Wildman–Crippen LogP) is 3.86. The van der Waals surface area contributed by atoms with Crippen molar-refractivity contribution < 1.29 is 22.4 Å². The van der Waals surface area contributed by atoms with Gasteiger partial charge in [0.2, 0.25) is 11.8 Å². The number of nitrogens with zero attached hydrogens (tertiary/aromatic N) is 1. The molecule has 0 radical (unpaired) electrons. The molecular weight excluding hydrogens is 407 g/mol. The molecule has 1 N–H and O–H groups in total. The van der Waals surface area contributed by atoms with Crippen molar-refractivity contribution in [2.75, 3.05) is 6.54 Å². The van der Waals surface area contributed by atoms with Crippen LogP contribution in [0.5, 0.6) is 0 Å². The number of carbonyl (C=O) groups is 2. The van der Waals surface area contributed by atoms with Gasteiger partial charge >= 0.3 is 0 Å². The maximum Gasteiger partial charge on any atom is 0.264 e. The summed E-state index contributed by atoms with van der Waals surface area (Å²) in [5.74, 6) is -1.26. The van der Waals surface area contributed by atoms with Crippen LogP contribution in [-0.4, -0.2) is 31.7 Å². The lowest BCUT2D eigenvalue weighted by molar-refractivity contribution is -0.131. The summed E-state index contributed by atoms with van der Waals surface area (Å²) in [4.78, 5) is 25.0. The molecule has 6 nitrogen and oxygen atoms in total. The smallest absolute Gasteiger partial charge is 0.264 e. The van der Waals surface area contributed by atoms with Gasteiger partial charge in [-0.05, 0) is 31.0 Å². The topological polar surface area (TPSA) is 83.6 Å². The van der Waals surface area contributed by atoms with E-state index in [2.05, 4.69) is 0 Å². The van der Waals surface area contributed by atoms with E-state index in [-0.39, 0.29) is 22.9 Å². The first kappa shape index (κ1) is 23.5. The molecule has 0 aliphatic heterocycles. The summed E-state index contributed by atoms with van der Waals surface area (Å²) in [5.41, 5.74) is 0.997. The van der Waals surface area contributed by atoms with Gasteiger partial charge in [-0.15, -0.1) is 0 Å². The second-order valence-electron chi connectivity index (χ2n) is 6.98. The Kier molecular flexibility index (Phi) is 8.11. The highest BCUT2D eigenvalue weighted by Gasteiger charge is 2.21. The minimum absolute atomic E-state index is 0.0189. The zero-order chi connectivity index (χ0) is 22.3. The number of halogens is 1. The number of amides is 2. The monoisotopic (exact) mass is 434 g/mol. The molecule has 8 heteroatoms. The molecule has 0 aromatic heterocycles. The van der Waals surface area contributed by atoms with Crippen LogP contribution in [0.15, 0.2) is 47.4 Å². The second-order valence-corrected chi connectivity index (χ2v) is 8.63. The Morgan fingerprint density at radius 3 is 2.40 bits per heavy atom. The van der Waals surface area contributed by atoms with Crippen molar-refractivity contribution in [3.05, 3.63) is 53.8 Å². The van der Waals surface area contributed by atoms with Gasteiger partial charge in [0.05, 0.1) is 4.90 Å². The van der Waals surface area contributed by atoms with E-state index in [1.165, 1.54) is 18.2 Å². The van der Waals surface area contributed by atoms with E-state index in [9.17, 15) is 22.4 Å². The SMILES string of the molecule is CCCCC(=O)N(CC)Cc1ccc(-c2ccccc2S(=O)(=O)NC(C)=O)cc1F. The normalized spacial score (nSPS) is 11.2. The number of carbonyl (C=O) groups excluding carboxylic acids is 2. The molecule has 2 rings (SSSR count). The lowest BCUT2D eigenvalue weighted by Gasteiger charge is -2.21. The van der Waals surface area contributed by atoms with Gasteiger partial charge in [0.1, 0.15) is 5.82 Å². The van der Waals surface area contributed by atoms with Gasteiger partial charge in [0, 0.05) is 37.6 Å². The molecular formula is C22H27FN2O4S. The van der Waals surface area contributed by atoms with Gasteiger partial charge in [-0.1, -0.05) is 43.7 Å². The Morgan fingerprint density at radius 1 is 1.10 bits per heavy atom. The number of sulfonamides is 1. The standard InChI is InChI=1S/C22H27FN2O4S/c1-4-6-11-22(27)25(5-2)15-18-13-12-17(14-20(18)23)19-9-7-8-10-21(19)30(28,29)24-16(3)26/h7-10,12-14H,4-6,11,15H2,1-3H3,(H,24,26). The van der Waals surface area contributed by atoms with Crippen molar-refractivity contribution in [3.8, 4) is 11.1 Å². The highest BCUT2D eigenvalue weighted by Crippen LogP contribution is 2.29. The van der Waals surface area contributed by atoms with Crippen LogP contribution in [0.1, 0.15) is 45.6 Å². The molecule has 30 heavy (non-hydrogen) atoms. The number of nitrogens with one attached hydrogen (secondary N) is 1. The van der Waals surface area contributed by atoms with Crippen LogP contribution in [0.2, 0.25) is 0 Å². The van der Waals surface area contributed by atoms with E-state index in [4.69, 9.17) is 0 Å². The summed E-state index contributed by atoms with van der Waals surface area (Å²) in [6, 6.07) is 10.5. The lowest BCUT2D eigenvalue weighted by atomic mass is 10.0. The van der Waals surface area contributed by atoms with Gasteiger partial charge in [-0.3, -0.25) is 9.59 Å². The fraction of sp³-hybridized carbons (Fsp3) is 0.364. The van der Waals surface area contributed by atoms with Crippen molar-refractivity contribution >= 4 is 21.8 Å². The van der Waals surface area contributed by atoms with Gasteiger partial charge in [0.15, 0.2) is 0 Å². The predicted molar refractivity (Wildman–Crippen MR) is 113 cm³/mol. The summed E-state index contributed by atoms with van der Waals surface area (Å²) in [7, 11) is -4.08. The zero-order valence-electron chi connectivity index (χ0n) is 17.4.